The lowest BCUT2D eigenvalue weighted by atomic mass is 9.93. The molecule has 0 saturated heterocycles. The Morgan fingerprint density at radius 3 is 2.42 bits per heavy atom. The van der Waals surface area contributed by atoms with E-state index in [1.165, 1.54) is 16.9 Å². The Kier molecular flexibility index (Phi) is 5.58. The monoisotopic (exact) mass is 365 g/mol. The standard InChI is InChI=1S/C21H19NO3S/c1-14-7-9-16(10-8-14)20-22-17(13-26-20)11-18(23)12-19(21(24)25)15-5-3-2-4-6-15/h2-10,13,19H,11-12H2,1H3,(H,24,25)/t19-/m1/s1. The van der Waals surface area contributed by atoms with E-state index in [4.69, 9.17) is 0 Å². The fraction of sp³-hybridized carbons (Fsp3) is 0.190. The van der Waals surface area contributed by atoms with Crippen LogP contribution in [0.25, 0.3) is 10.6 Å². The van der Waals surface area contributed by atoms with Crippen molar-refractivity contribution in [2.24, 2.45) is 0 Å². The molecule has 26 heavy (non-hydrogen) atoms. The predicted molar refractivity (Wildman–Crippen MR) is 102 cm³/mol. The fourth-order valence-electron chi connectivity index (χ4n) is 2.75. The van der Waals surface area contributed by atoms with Gasteiger partial charge < -0.3 is 5.11 Å². The highest BCUT2D eigenvalue weighted by molar-refractivity contribution is 7.13. The molecule has 3 rings (SSSR count). The molecule has 3 aromatic rings. The van der Waals surface area contributed by atoms with Gasteiger partial charge in [0, 0.05) is 23.8 Å². The molecule has 2 aromatic carbocycles. The molecule has 1 N–H and O–H groups in total. The lowest BCUT2D eigenvalue weighted by Gasteiger charge is -2.11. The van der Waals surface area contributed by atoms with Crippen LogP contribution in [0.5, 0.6) is 0 Å². The minimum atomic E-state index is -0.983. The Labute approximate surface area is 156 Å². The summed E-state index contributed by atoms with van der Waals surface area (Å²) in [6, 6.07) is 16.9. The van der Waals surface area contributed by atoms with E-state index in [9.17, 15) is 14.7 Å². The summed E-state index contributed by atoms with van der Waals surface area (Å²) in [5.41, 5.74) is 3.54. The van der Waals surface area contributed by atoms with Gasteiger partial charge in [-0.2, -0.15) is 0 Å². The lowest BCUT2D eigenvalue weighted by Crippen LogP contribution is -2.17. The summed E-state index contributed by atoms with van der Waals surface area (Å²) in [4.78, 5) is 28.5. The number of nitrogens with zero attached hydrogens (tertiary/aromatic N) is 1. The summed E-state index contributed by atoms with van der Waals surface area (Å²) in [5.74, 6) is -1.93. The maximum absolute atomic E-state index is 12.4. The summed E-state index contributed by atoms with van der Waals surface area (Å²) in [6.45, 7) is 2.03. The molecule has 0 aliphatic carbocycles. The van der Waals surface area contributed by atoms with Gasteiger partial charge in [0.1, 0.15) is 10.8 Å². The highest BCUT2D eigenvalue weighted by Gasteiger charge is 2.23. The van der Waals surface area contributed by atoms with Crippen molar-refractivity contribution in [1.29, 1.82) is 0 Å². The number of thiazole rings is 1. The smallest absolute Gasteiger partial charge is 0.311 e. The van der Waals surface area contributed by atoms with Crippen LogP contribution in [0.15, 0.2) is 60.0 Å². The van der Waals surface area contributed by atoms with Crippen molar-refractivity contribution in [3.63, 3.8) is 0 Å². The Bertz CT molecular complexity index is 901. The van der Waals surface area contributed by atoms with Crippen LogP contribution in [0.4, 0.5) is 0 Å². The first-order valence-corrected chi connectivity index (χ1v) is 9.22. The zero-order valence-electron chi connectivity index (χ0n) is 14.4. The molecule has 4 nitrogen and oxygen atoms in total. The first kappa shape index (κ1) is 18.0. The first-order valence-electron chi connectivity index (χ1n) is 8.34. The number of carboxylic acids is 1. The number of aromatic nitrogens is 1. The van der Waals surface area contributed by atoms with Crippen LogP contribution < -0.4 is 0 Å². The van der Waals surface area contributed by atoms with Gasteiger partial charge in [0.15, 0.2) is 0 Å². The van der Waals surface area contributed by atoms with Crippen molar-refractivity contribution in [3.8, 4) is 10.6 Å². The zero-order valence-corrected chi connectivity index (χ0v) is 15.2. The van der Waals surface area contributed by atoms with E-state index >= 15 is 0 Å². The second kappa shape index (κ2) is 8.06. The molecular formula is C21H19NO3S. The molecule has 0 aliphatic heterocycles. The number of carbonyl (C=O) groups excluding carboxylic acids is 1. The average Bonchev–Trinajstić information content (AvgIpc) is 3.09. The highest BCUT2D eigenvalue weighted by atomic mass is 32.1. The van der Waals surface area contributed by atoms with Crippen molar-refractivity contribution < 1.29 is 14.7 Å². The lowest BCUT2D eigenvalue weighted by molar-refractivity contribution is -0.140. The Balaban J connectivity index is 1.68. The SMILES string of the molecule is Cc1ccc(-c2nc(CC(=O)C[C@@H](C(=O)O)c3ccccc3)cs2)cc1. The maximum atomic E-state index is 12.4. The molecule has 0 aliphatic rings. The molecule has 0 saturated carbocycles. The number of rotatable bonds is 7. The molecule has 0 unspecified atom stereocenters. The topological polar surface area (TPSA) is 67.3 Å². The highest BCUT2D eigenvalue weighted by Crippen LogP contribution is 2.25. The Hall–Kier alpha value is -2.79. The molecular weight excluding hydrogens is 346 g/mol. The van der Waals surface area contributed by atoms with Gasteiger partial charge in [-0.3, -0.25) is 9.59 Å². The summed E-state index contributed by atoms with van der Waals surface area (Å²) >= 11 is 1.49. The number of carbonyl (C=O) groups is 2. The van der Waals surface area contributed by atoms with Crippen LogP contribution in [0.1, 0.15) is 29.2 Å². The van der Waals surface area contributed by atoms with E-state index in [1.54, 1.807) is 24.3 Å². The minimum absolute atomic E-state index is 0.0310. The zero-order chi connectivity index (χ0) is 18.5. The first-order chi connectivity index (χ1) is 12.5. The van der Waals surface area contributed by atoms with E-state index in [2.05, 4.69) is 4.98 Å². The number of aryl methyl sites for hydroxylation is 1. The van der Waals surface area contributed by atoms with Crippen molar-refractivity contribution in [3.05, 3.63) is 76.8 Å². The number of ketones is 1. The number of carboxylic acid groups (broad SMARTS) is 1. The van der Waals surface area contributed by atoms with E-state index in [-0.39, 0.29) is 18.6 Å². The number of benzene rings is 2. The average molecular weight is 365 g/mol. The predicted octanol–water partition coefficient (Wildman–Crippen LogP) is 4.49. The second-order valence-corrected chi connectivity index (χ2v) is 7.09. The molecule has 5 heteroatoms. The molecule has 0 bridgehead atoms. The van der Waals surface area contributed by atoms with Crippen LogP contribution in [-0.4, -0.2) is 21.8 Å². The minimum Gasteiger partial charge on any atom is -0.481 e. The number of hydrogen-bond donors (Lipinski definition) is 1. The summed E-state index contributed by atoms with van der Waals surface area (Å²) in [5, 5.41) is 12.2. The molecule has 132 valence electrons. The van der Waals surface area contributed by atoms with Crippen LogP contribution in [0.2, 0.25) is 0 Å². The number of hydrogen-bond acceptors (Lipinski definition) is 4. The van der Waals surface area contributed by atoms with Gasteiger partial charge >= 0.3 is 5.97 Å². The van der Waals surface area contributed by atoms with Gasteiger partial charge in [-0.05, 0) is 12.5 Å². The summed E-state index contributed by atoms with van der Waals surface area (Å²) < 4.78 is 0. The van der Waals surface area contributed by atoms with Gasteiger partial charge in [-0.25, -0.2) is 4.98 Å². The summed E-state index contributed by atoms with van der Waals surface area (Å²) in [7, 11) is 0. The van der Waals surface area contributed by atoms with Gasteiger partial charge in [-0.1, -0.05) is 60.2 Å². The van der Waals surface area contributed by atoms with E-state index < -0.39 is 11.9 Å². The number of aliphatic carboxylic acids is 1. The Morgan fingerprint density at radius 2 is 1.77 bits per heavy atom. The Morgan fingerprint density at radius 1 is 1.08 bits per heavy atom. The quantitative estimate of drug-likeness (QED) is 0.670. The third kappa shape index (κ3) is 4.43. The number of Topliss-reactive ketones (excluding diaryl/α,β-unsaturated/α-hetero) is 1. The van der Waals surface area contributed by atoms with Crippen LogP contribution in [-0.2, 0) is 16.0 Å². The van der Waals surface area contributed by atoms with Crippen molar-refractivity contribution in [1.82, 2.24) is 4.98 Å². The van der Waals surface area contributed by atoms with Crippen LogP contribution in [0.3, 0.4) is 0 Å². The van der Waals surface area contributed by atoms with Gasteiger partial charge in [-0.15, -0.1) is 11.3 Å². The third-order valence-electron chi connectivity index (χ3n) is 4.16. The van der Waals surface area contributed by atoms with E-state index in [0.29, 0.717) is 11.3 Å². The molecule has 0 fully saturated rings. The van der Waals surface area contributed by atoms with Crippen molar-refractivity contribution in [2.45, 2.75) is 25.7 Å². The molecule has 0 amide bonds. The fourth-order valence-corrected chi connectivity index (χ4v) is 3.58. The van der Waals surface area contributed by atoms with Crippen LogP contribution in [0, 0.1) is 6.92 Å². The van der Waals surface area contributed by atoms with Crippen LogP contribution >= 0.6 is 11.3 Å². The molecule has 1 heterocycles. The summed E-state index contributed by atoms with van der Waals surface area (Å²) in [6.07, 6.45) is 0.121. The van der Waals surface area contributed by atoms with Gasteiger partial charge in [0.25, 0.3) is 0 Å². The second-order valence-electron chi connectivity index (χ2n) is 6.23. The third-order valence-corrected chi connectivity index (χ3v) is 5.10. The molecule has 0 radical (unpaired) electrons. The van der Waals surface area contributed by atoms with E-state index in [1.807, 2.05) is 42.6 Å². The van der Waals surface area contributed by atoms with Crippen molar-refractivity contribution in [2.75, 3.05) is 0 Å². The van der Waals surface area contributed by atoms with Gasteiger partial charge in [0.05, 0.1) is 11.6 Å². The molecule has 1 atom stereocenters. The molecule has 0 spiro atoms. The maximum Gasteiger partial charge on any atom is 0.311 e. The normalized spacial score (nSPS) is 11.9. The largest absolute Gasteiger partial charge is 0.481 e. The van der Waals surface area contributed by atoms with Gasteiger partial charge in [0.2, 0.25) is 0 Å². The molecule has 1 aromatic heterocycles. The van der Waals surface area contributed by atoms with E-state index in [0.717, 1.165) is 10.6 Å². The van der Waals surface area contributed by atoms with Crippen molar-refractivity contribution >= 4 is 23.1 Å².